The Bertz CT molecular complexity index is 826. The number of hydrogen-bond acceptors (Lipinski definition) is 2. The summed E-state index contributed by atoms with van der Waals surface area (Å²) >= 11 is 1.32. The van der Waals surface area contributed by atoms with E-state index >= 15 is 0 Å². The van der Waals surface area contributed by atoms with Gasteiger partial charge >= 0.3 is 0 Å². The highest BCUT2D eigenvalue weighted by molar-refractivity contribution is 7.20. The molecule has 1 N–H and O–H groups in total. The van der Waals surface area contributed by atoms with Crippen LogP contribution in [0.1, 0.15) is 28.2 Å². The molecule has 0 spiro atoms. The number of carbonyl (C=O) groups excluding carboxylic acids is 1. The van der Waals surface area contributed by atoms with Crippen molar-refractivity contribution >= 4 is 27.3 Å². The summed E-state index contributed by atoms with van der Waals surface area (Å²) < 4.78 is 27.0. The van der Waals surface area contributed by atoms with Gasteiger partial charge in [-0.3, -0.25) is 4.79 Å². The summed E-state index contributed by atoms with van der Waals surface area (Å²) in [5.41, 5.74) is 0.821. The smallest absolute Gasteiger partial charge is 0.261 e. The molecule has 5 heteroatoms. The third-order valence-electron chi connectivity index (χ3n) is 3.42. The van der Waals surface area contributed by atoms with Gasteiger partial charge in [-0.1, -0.05) is 12.1 Å². The summed E-state index contributed by atoms with van der Waals surface area (Å²) in [5.74, 6) is -0.857. The van der Waals surface area contributed by atoms with Crippen LogP contribution in [0.4, 0.5) is 8.78 Å². The van der Waals surface area contributed by atoms with Crippen molar-refractivity contribution in [3.8, 4) is 0 Å². The fraction of sp³-hybridized carbons (Fsp3) is 0.118. The van der Waals surface area contributed by atoms with Crippen LogP contribution in [0.2, 0.25) is 0 Å². The summed E-state index contributed by atoms with van der Waals surface area (Å²) in [7, 11) is 0. The maximum Gasteiger partial charge on any atom is 0.261 e. The average Bonchev–Trinajstić information content (AvgIpc) is 2.91. The quantitative estimate of drug-likeness (QED) is 0.747. The predicted octanol–water partition coefficient (Wildman–Crippen LogP) is 4.67. The van der Waals surface area contributed by atoms with E-state index < -0.39 is 0 Å². The summed E-state index contributed by atoms with van der Waals surface area (Å²) in [5, 5.41) is 3.58. The van der Waals surface area contributed by atoms with Gasteiger partial charge in [0.15, 0.2) is 0 Å². The molecule has 0 bridgehead atoms. The lowest BCUT2D eigenvalue weighted by atomic mass is 10.1. The maximum atomic E-state index is 13.2. The number of amides is 1. The third kappa shape index (κ3) is 2.99. The molecule has 0 fully saturated rings. The van der Waals surface area contributed by atoms with Crippen molar-refractivity contribution in [2.75, 3.05) is 0 Å². The second-order valence-electron chi connectivity index (χ2n) is 5.04. The zero-order valence-corrected chi connectivity index (χ0v) is 12.6. The molecule has 2 nitrogen and oxygen atoms in total. The first-order valence-corrected chi connectivity index (χ1v) is 7.60. The third-order valence-corrected chi connectivity index (χ3v) is 4.53. The summed E-state index contributed by atoms with van der Waals surface area (Å²) in [4.78, 5) is 12.8. The summed E-state index contributed by atoms with van der Waals surface area (Å²) in [6.07, 6.45) is 0. The molecule has 22 heavy (non-hydrogen) atoms. The number of hydrogen-bond donors (Lipinski definition) is 1. The van der Waals surface area contributed by atoms with E-state index in [9.17, 15) is 13.6 Å². The molecular weight excluding hydrogens is 304 g/mol. The van der Waals surface area contributed by atoms with Crippen LogP contribution in [0.5, 0.6) is 0 Å². The molecule has 0 saturated carbocycles. The van der Waals surface area contributed by atoms with Crippen LogP contribution in [0, 0.1) is 11.6 Å². The first-order chi connectivity index (χ1) is 10.5. The molecule has 0 unspecified atom stereocenters. The lowest BCUT2D eigenvalue weighted by Crippen LogP contribution is -2.25. The van der Waals surface area contributed by atoms with Gasteiger partial charge in [-0.05, 0) is 54.3 Å². The van der Waals surface area contributed by atoms with Gasteiger partial charge in [0, 0.05) is 4.70 Å². The average molecular weight is 317 g/mol. The molecule has 0 aliphatic heterocycles. The Kier molecular flexibility index (Phi) is 3.90. The lowest BCUT2D eigenvalue weighted by Gasteiger charge is -2.13. The van der Waals surface area contributed by atoms with E-state index in [0.29, 0.717) is 10.3 Å². The van der Waals surface area contributed by atoms with Crippen LogP contribution in [0.3, 0.4) is 0 Å². The van der Waals surface area contributed by atoms with Crippen molar-refractivity contribution in [2.45, 2.75) is 13.0 Å². The van der Waals surface area contributed by atoms with Crippen molar-refractivity contribution in [1.29, 1.82) is 0 Å². The van der Waals surface area contributed by atoms with E-state index in [0.717, 1.165) is 10.3 Å². The number of rotatable bonds is 3. The van der Waals surface area contributed by atoms with Gasteiger partial charge in [0.1, 0.15) is 11.6 Å². The number of benzene rings is 2. The van der Waals surface area contributed by atoms with Crippen LogP contribution < -0.4 is 5.32 Å². The van der Waals surface area contributed by atoms with E-state index in [1.54, 1.807) is 24.3 Å². The number of thiophene rings is 1. The van der Waals surface area contributed by atoms with Crippen molar-refractivity contribution in [3.05, 3.63) is 70.6 Å². The molecule has 1 aromatic heterocycles. The molecule has 3 rings (SSSR count). The largest absolute Gasteiger partial charge is 0.345 e. The van der Waals surface area contributed by atoms with Gasteiger partial charge < -0.3 is 5.32 Å². The molecular formula is C17H13F2NOS. The van der Waals surface area contributed by atoms with Crippen LogP contribution in [-0.4, -0.2) is 5.91 Å². The summed E-state index contributed by atoms with van der Waals surface area (Å²) in [6, 6.07) is 11.9. The van der Waals surface area contributed by atoms with Gasteiger partial charge in [-0.25, -0.2) is 8.78 Å². The fourth-order valence-electron chi connectivity index (χ4n) is 2.23. The molecule has 1 heterocycles. The van der Waals surface area contributed by atoms with Gasteiger partial charge in [-0.2, -0.15) is 0 Å². The minimum atomic E-state index is -0.322. The SMILES string of the molecule is C[C@H](NC(=O)c1cc2cc(F)ccc2s1)c1ccc(F)cc1. The minimum absolute atomic E-state index is 0.224. The second kappa shape index (κ2) is 5.85. The van der Waals surface area contributed by atoms with E-state index in [1.165, 1.54) is 35.6 Å². The molecule has 0 radical (unpaired) electrons. The number of carbonyl (C=O) groups is 1. The zero-order valence-electron chi connectivity index (χ0n) is 11.8. The Morgan fingerprint density at radius 3 is 2.45 bits per heavy atom. The molecule has 3 aromatic rings. The first kappa shape index (κ1) is 14.7. The van der Waals surface area contributed by atoms with Gasteiger partial charge in [0.2, 0.25) is 0 Å². The van der Waals surface area contributed by atoms with Crippen molar-refractivity contribution < 1.29 is 13.6 Å². The topological polar surface area (TPSA) is 29.1 Å². The Labute approximate surface area is 130 Å². The highest BCUT2D eigenvalue weighted by Crippen LogP contribution is 2.26. The monoisotopic (exact) mass is 317 g/mol. The van der Waals surface area contributed by atoms with E-state index in [2.05, 4.69) is 5.32 Å². The van der Waals surface area contributed by atoms with E-state index in [4.69, 9.17) is 0 Å². The van der Waals surface area contributed by atoms with Gasteiger partial charge in [-0.15, -0.1) is 11.3 Å². The maximum absolute atomic E-state index is 13.2. The molecule has 0 aliphatic carbocycles. The predicted molar refractivity (Wildman–Crippen MR) is 84.1 cm³/mol. The van der Waals surface area contributed by atoms with Crippen molar-refractivity contribution in [1.82, 2.24) is 5.32 Å². The Morgan fingerprint density at radius 1 is 1.05 bits per heavy atom. The van der Waals surface area contributed by atoms with E-state index in [1.807, 2.05) is 6.92 Å². The Balaban J connectivity index is 1.79. The number of nitrogens with one attached hydrogen (secondary N) is 1. The van der Waals surface area contributed by atoms with Gasteiger partial charge in [0.25, 0.3) is 5.91 Å². The number of fused-ring (bicyclic) bond motifs is 1. The minimum Gasteiger partial charge on any atom is -0.345 e. The van der Waals surface area contributed by atoms with Crippen molar-refractivity contribution in [2.24, 2.45) is 0 Å². The highest BCUT2D eigenvalue weighted by atomic mass is 32.1. The number of halogens is 2. The lowest BCUT2D eigenvalue weighted by molar-refractivity contribution is 0.0944. The molecule has 1 amide bonds. The van der Waals surface area contributed by atoms with Crippen LogP contribution in [-0.2, 0) is 0 Å². The first-order valence-electron chi connectivity index (χ1n) is 6.78. The normalized spacial score (nSPS) is 12.3. The van der Waals surface area contributed by atoms with Gasteiger partial charge in [0.05, 0.1) is 10.9 Å². The molecule has 0 aliphatic rings. The van der Waals surface area contributed by atoms with E-state index in [-0.39, 0.29) is 23.6 Å². The molecule has 0 saturated heterocycles. The fourth-order valence-corrected chi connectivity index (χ4v) is 3.17. The zero-order chi connectivity index (χ0) is 15.7. The van der Waals surface area contributed by atoms with Crippen LogP contribution in [0.15, 0.2) is 48.5 Å². The highest BCUT2D eigenvalue weighted by Gasteiger charge is 2.14. The molecule has 1 atom stereocenters. The molecule has 112 valence electrons. The molecule has 2 aromatic carbocycles. The van der Waals surface area contributed by atoms with Crippen LogP contribution >= 0.6 is 11.3 Å². The summed E-state index contributed by atoms with van der Waals surface area (Å²) in [6.45, 7) is 1.83. The van der Waals surface area contributed by atoms with Crippen LogP contribution in [0.25, 0.3) is 10.1 Å². The Morgan fingerprint density at radius 2 is 1.73 bits per heavy atom. The van der Waals surface area contributed by atoms with Crippen molar-refractivity contribution in [3.63, 3.8) is 0 Å². The second-order valence-corrected chi connectivity index (χ2v) is 6.12. The standard InChI is InChI=1S/C17H13F2NOS/c1-10(11-2-4-13(18)5-3-11)20-17(21)16-9-12-8-14(19)6-7-15(12)22-16/h2-10H,1H3,(H,20,21)/t10-/m0/s1. The Hall–Kier alpha value is -2.27.